The molecule has 5 nitrogen and oxygen atoms in total. The summed E-state index contributed by atoms with van der Waals surface area (Å²) in [6.07, 6.45) is 3.19. The van der Waals surface area contributed by atoms with Gasteiger partial charge in [0.05, 0.1) is 10.9 Å². The van der Waals surface area contributed by atoms with Gasteiger partial charge in [0.25, 0.3) is 5.56 Å². The van der Waals surface area contributed by atoms with E-state index in [2.05, 4.69) is 10.3 Å². The molecular weight excluding hydrogens is 389 g/mol. The molecule has 0 aliphatic heterocycles. The number of hydrogen-bond donors (Lipinski definition) is 2. The Bertz CT molecular complexity index is 1110. The summed E-state index contributed by atoms with van der Waals surface area (Å²) >= 11 is 5.30. The Morgan fingerprint density at radius 2 is 1.83 bits per heavy atom. The van der Waals surface area contributed by atoms with E-state index in [4.69, 9.17) is 12.2 Å². The Hall–Kier alpha value is -2.80. The number of para-hydroxylation sites is 1. The number of unbranched alkanes of at least 4 members (excludes halogenated alkanes) is 2. The molecule has 0 spiro atoms. The van der Waals surface area contributed by atoms with E-state index >= 15 is 0 Å². The number of benzene rings is 2. The monoisotopic (exact) mass is 413 g/mol. The largest absolute Gasteiger partial charge is 0.356 e. The Morgan fingerprint density at radius 3 is 2.66 bits per heavy atom. The summed E-state index contributed by atoms with van der Waals surface area (Å²) in [7, 11) is 0. The minimum Gasteiger partial charge on any atom is -0.356 e. The van der Waals surface area contributed by atoms with Crippen molar-refractivity contribution in [2.24, 2.45) is 0 Å². The summed E-state index contributed by atoms with van der Waals surface area (Å²) < 4.78 is 15.5. The lowest BCUT2D eigenvalue weighted by Gasteiger charge is -2.08. The molecule has 2 N–H and O–H groups in total. The average Bonchev–Trinajstić information content (AvgIpc) is 2.71. The van der Waals surface area contributed by atoms with Crippen LogP contribution >= 0.6 is 12.2 Å². The van der Waals surface area contributed by atoms with Crippen LogP contribution in [-0.4, -0.2) is 22.0 Å². The van der Waals surface area contributed by atoms with Gasteiger partial charge in [-0.1, -0.05) is 36.8 Å². The lowest BCUT2D eigenvalue weighted by atomic mass is 10.1. The highest BCUT2D eigenvalue weighted by molar-refractivity contribution is 7.71. The number of H-pyrrole nitrogens is 1. The highest BCUT2D eigenvalue weighted by Gasteiger charge is 2.06. The minimum absolute atomic E-state index is 0.0403. The summed E-state index contributed by atoms with van der Waals surface area (Å²) in [5, 5.41) is 3.44. The lowest BCUT2D eigenvalue weighted by Crippen LogP contribution is -2.25. The van der Waals surface area contributed by atoms with Crippen molar-refractivity contribution in [1.29, 1.82) is 0 Å². The second-order valence-electron chi connectivity index (χ2n) is 6.93. The first kappa shape index (κ1) is 20.9. The van der Waals surface area contributed by atoms with Crippen molar-refractivity contribution >= 4 is 29.0 Å². The predicted octanol–water partition coefficient (Wildman–Crippen LogP) is 4.12. The van der Waals surface area contributed by atoms with Gasteiger partial charge >= 0.3 is 0 Å². The SMILES string of the molecule is O=C(CCCCCn1c(=S)[nH]c2ccccc2c1=O)NCCc1ccccc1F. The van der Waals surface area contributed by atoms with Crippen LogP contribution in [0.5, 0.6) is 0 Å². The predicted molar refractivity (Wildman–Crippen MR) is 115 cm³/mol. The maximum absolute atomic E-state index is 13.5. The number of carbonyl (C=O) groups excluding carboxylic acids is 1. The first-order valence-electron chi connectivity index (χ1n) is 9.78. The minimum atomic E-state index is -0.246. The molecule has 1 amide bonds. The van der Waals surface area contributed by atoms with E-state index < -0.39 is 0 Å². The fourth-order valence-corrected chi connectivity index (χ4v) is 3.54. The van der Waals surface area contributed by atoms with Gasteiger partial charge in [-0.15, -0.1) is 0 Å². The number of rotatable bonds is 9. The van der Waals surface area contributed by atoms with Gasteiger partial charge in [-0.3, -0.25) is 14.2 Å². The van der Waals surface area contributed by atoms with Crippen molar-refractivity contribution in [3.63, 3.8) is 0 Å². The molecule has 3 rings (SSSR count). The smallest absolute Gasteiger partial charge is 0.262 e. The van der Waals surface area contributed by atoms with Crippen molar-refractivity contribution in [2.45, 2.75) is 38.6 Å². The van der Waals surface area contributed by atoms with Crippen molar-refractivity contribution in [3.8, 4) is 0 Å². The Morgan fingerprint density at radius 1 is 1.07 bits per heavy atom. The van der Waals surface area contributed by atoms with Crippen LogP contribution in [0.4, 0.5) is 4.39 Å². The van der Waals surface area contributed by atoms with E-state index in [1.165, 1.54) is 6.07 Å². The first-order chi connectivity index (χ1) is 14.1. The summed E-state index contributed by atoms with van der Waals surface area (Å²) in [5.41, 5.74) is 1.26. The van der Waals surface area contributed by atoms with Gasteiger partial charge in [-0.25, -0.2) is 4.39 Å². The Labute approximate surface area is 173 Å². The maximum atomic E-state index is 13.5. The van der Waals surface area contributed by atoms with Crippen molar-refractivity contribution in [2.75, 3.05) is 6.54 Å². The van der Waals surface area contributed by atoms with E-state index in [1.807, 2.05) is 18.2 Å². The third-order valence-corrected chi connectivity index (χ3v) is 5.17. The summed E-state index contributed by atoms with van der Waals surface area (Å²) in [4.78, 5) is 27.6. The molecule has 1 aromatic heterocycles. The molecule has 152 valence electrons. The van der Waals surface area contributed by atoms with Gasteiger partial charge in [0.1, 0.15) is 5.82 Å². The highest BCUT2D eigenvalue weighted by atomic mass is 32.1. The van der Waals surface area contributed by atoms with Gasteiger partial charge in [0, 0.05) is 19.5 Å². The summed E-state index contributed by atoms with van der Waals surface area (Å²) in [6.45, 7) is 0.940. The molecule has 0 aliphatic rings. The molecule has 0 fully saturated rings. The van der Waals surface area contributed by atoms with E-state index in [1.54, 1.807) is 28.8 Å². The molecular formula is C22H24FN3O2S. The second-order valence-corrected chi connectivity index (χ2v) is 7.32. The maximum Gasteiger partial charge on any atom is 0.262 e. The van der Waals surface area contributed by atoms with Gasteiger partial charge < -0.3 is 10.3 Å². The average molecular weight is 414 g/mol. The topological polar surface area (TPSA) is 66.9 Å². The van der Waals surface area contributed by atoms with Crippen LogP contribution in [-0.2, 0) is 17.8 Å². The molecule has 2 aromatic carbocycles. The van der Waals surface area contributed by atoms with Crippen LogP contribution in [0, 0.1) is 10.6 Å². The van der Waals surface area contributed by atoms with E-state index in [0.29, 0.717) is 41.7 Å². The quantitative estimate of drug-likeness (QED) is 0.410. The normalized spacial score (nSPS) is 10.9. The van der Waals surface area contributed by atoms with E-state index in [9.17, 15) is 14.0 Å². The highest BCUT2D eigenvalue weighted by Crippen LogP contribution is 2.08. The summed E-state index contributed by atoms with van der Waals surface area (Å²) in [5.74, 6) is -0.287. The van der Waals surface area contributed by atoms with E-state index in [-0.39, 0.29) is 17.3 Å². The summed E-state index contributed by atoms with van der Waals surface area (Å²) in [6, 6.07) is 13.9. The van der Waals surface area contributed by atoms with Crippen LogP contribution in [0.1, 0.15) is 31.2 Å². The van der Waals surface area contributed by atoms with Crippen LogP contribution in [0.15, 0.2) is 53.3 Å². The first-order valence-corrected chi connectivity index (χ1v) is 10.2. The molecule has 7 heteroatoms. The molecule has 0 radical (unpaired) electrons. The van der Waals surface area contributed by atoms with E-state index in [0.717, 1.165) is 24.8 Å². The molecule has 0 bridgehead atoms. The molecule has 0 saturated carbocycles. The van der Waals surface area contributed by atoms with Crippen LogP contribution in [0.2, 0.25) is 0 Å². The lowest BCUT2D eigenvalue weighted by molar-refractivity contribution is -0.121. The molecule has 0 atom stereocenters. The molecule has 3 aromatic rings. The number of hydrogen-bond acceptors (Lipinski definition) is 3. The number of aromatic nitrogens is 2. The van der Waals surface area contributed by atoms with Crippen LogP contribution in [0.3, 0.4) is 0 Å². The zero-order valence-corrected chi connectivity index (χ0v) is 16.9. The zero-order chi connectivity index (χ0) is 20.6. The third-order valence-electron chi connectivity index (χ3n) is 4.85. The fourth-order valence-electron chi connectivity index (χ4n) is 3.26. The third kappa shape index (κ3) is 5.60. The van der Waals surface area contributed by atoms with Gasteiger partial charge in [-0.05, 0) is 55.2 Å². The Balaban J connectivity index is 1.39. The zero-order valence-electron chi connectivity index (χ0n) is 16.1. The number of amides is 1. The van der Waals surface area contributed by atoms with Gasteiger partial charge in [0.2, 0.25) is 5.91 Å². The van der Waals surface area contributed by atoms with Gasteiger partial charge in [-0.2, -0.15) is 0 Å². The van der Waals surface area contributed by atoms with Crippen molar-refractivity contribution in [1.82, 2.24) is 14.9 Å². The fraction of sp³-hybridized carbons (Fsp3) is 0.318. The second kappa shape index (κ2) is 10.1. The van der Waals surface area contributed by atoms with Crippen molar-refractivity contribution < 1.29 is 9.18 Å². The number of aromatic amines is 1. The Kier molecular flexibility index (Phi) is 7.30. The number of halogens is 1. The van der Waals surface area contributed by atoms with Gasteiger partial charge in [0.15, 0.2) is 4.77 Å². The van der Waals surface area contributed by atoms with Crippen LogP contribution in [0.25, 0.3) is 10.9 Å². The molecule has 0 unspecified atom stereocenters. The number of nitrogens with zero attached hydrogens (tertiary/aromatic N) is 1. The molecule has 0 saturated heterocycles. The number of nitrogens with one attached hydrogen (secondary N) is 2. The standard InChI is InChI=1S/C22H24FN3O2S/c23-18-10-5-3-8-16(18)13-14-24-20(27)12-2-1-7-15-26-21(28)17-9-4-6-11-19(17)25-22(26)29/h3-6,8-11H,1-2,7,12-15H2,(H,24,27)(H,25,29). The number of fused-ring (bicyclic) bond motifs is 1. The molecule has 29 heavy (non-hydrogen) atoms. The van der Waals surface area contributed by atoms with Crippen LogP contribution < -0.4 is 10.9 Å². The molecule has 1 heterocycles. The van der Waals surface area contributed by atoms with Crippen molar-refractivity contribution in [3.05, 3.63) is 75.0 Å². The number of carbonyl (C=O) groups is 1. The molecule has 0 aliphatic carbocycles.